The minimum atomic E-state index is -0.749. The van der Waals surface area contributed by atoms with Crippen molar-refractivity contribution in [3.8, 4) is 0 Å². The Balaban J connectivity index is 2.31. The van der Waals surface area contributed by atoms with Gasteiger partial charge in [0.05, 0.1) is 9.85 Å². The summed E-state index contributed by atoms with van der Waals surface area (Å²) in [7, 11) is 0. The number of nitrogens with one attached hydrogen (secondary N) is 1. The van der Waals surface area contributed by atoms with Crippen molar-refractivity contribution >= 4 is 23.0 Å². The number of amides is 1. The zero-order valence-corrected chi connectivity index (χ0v) is 12.3. The van der Waals surface area contributed by atoms with Crippen molar-refractivity contribution in [3.05, 3.63) is 55.9 Å². The SMILES string of the molecule is CCn1cc([N+](=O)[O-])c(C(=O)Nc2ccc([N+](=O)[O-])cc2C)n1. The van der Waals surface area contributed by atoms with Crippen molar-refractivity contribution in [2.24, 2.45) is 0 Å². The first-order valence-electron chi connectivity index (χ1n) is 6.61. The van der Waals surface area contributed by atoms with Crippen LogP contribution in [0.25, 0.3) is 0 Å². The van der Waals surface area contributed by atoms with Crippen LogP contribution in [0.15, 0.2) is 24.4 Å². The Morgan fingerprint density at radius 3 is 2.52 bits per heavy atom. The molecule has 1 aromatic carbocycles. The molecule has 0 bridgehead atoms. The molecule has 0 saturated heterocycles. The number of aromatic nitrogens is 2. The number of hydrogen-bond acceptors (Lipinski definition) is 6. The zero-order valence-electron chi connectivity index (χ0n) is 12.3. The Kier molecular flexibility index (Phi) is 4.35. The molecule has 1 heterocycles. The van der Waals surface area contributed by atoms with Crippen molar-refractivity contribution in [1.82, 2.24) is 9.78 Å². The lowest BCUT2D eigenvalue weighted by Crippen LogP contribution is -2.15. The van der Waals surface area contributed by atoms with Crippen LogP contribution in [0.5, 0.6) is 0 Å². The number of nitro groups is 2. The number of benzene rings is 1. The number of rotatable bonds is 5. The van der Waals surface area contributed by atoms with Gasteiger partial charge < -0.3 is 5.32 Å². The predicted octanol–water partition coefficient (Wildman–Crippen LogP) is 2.28. The van der Waals surface area contributed by atoms with Crippen molar-refractivity contribution in [2.45, 2.75) is 20.4 Å². The van der Waals surface area contributed by atoms with E-state index in [4.69, 9.17) is 0 Å². The molecule has 1 N–H and O–H groups in total. The smallest absolute Gasteiger partial charge is 0.320 e. The van der Waals surface area contributed by atoms with Gasteiger partial charge in [-0.25, -0.2) is 0 Å². The second kappa shape index (κ2) is 6.22. The van der Waals surface area contributed by atoms with Gasteiger partial charge in [0.2, 0.25) is 5.69 Å². The lowest BCUT2D eigenvalue weighted by molar-refractivity contribution is -0.385. The third kappa shape index (κ3) is 3.31. The summed E-state index contributed by atoms with van der Waals surface area (Å²) in [5, 5.41) is 28.0. The van der Waals surface area contributed by atoms with Crippen molar-refractivity contribution < 1.29 is 14.6 Å². The second-order valence-electron chi connectivity index (χ2n) is 4.69. The van der Waals surface area contributed by atoms with E-state index >= 15 is 0 Å². The Labute approximate surface area is 130 Å². The van der Waals surface area contributed by atoms with Crippen LogP contribution < -0.4 is 5.32 Å². The van der Waals surface area contributed by atoms with Gasteiger partial charge in [0.1, 0.15) is 6.20 Å². The summed E-state index contributed by atoms with van der Waals surface area (Å²) in [5.41, 5.74) is -0.0358. The van der Waals surface area contributed by atoms with Crippen LogP contribution in [-0.2, 0) is 6.54 Å². The zero-order chi connectivity index (χ0) is 17.1. The standard InChI is InChI=1S/C13H13N5O5/c1-3-16-7-11(18(22)23)12(15-16)13(19)14-10-5-4-9(17(20)21)6-8(10)2/h4-7H,3H2,1-2H3,(H,14,19). The second-order valence-corrected chi connectivity index (χ2v) is 4.69. The van der Waals surface area contributed by atoms with E-state index < -0.39 is 21.4 Å². The normalized spacial score (nSPS) is 10.3. The molecule has 23 heavy (non-hydrogen) atoms. The molecule has 2 aromatic rings. The van der Waals surface area contributed by atoms with Gasteiger partial charge in [0.15, 0.2) is 0 Å². The van der Waals surface area contributed by atoms with Crippen LogP contribution in [0.3, 0.4) is 0 Å². The minimum Gasteiger partial charge on any atom is -0.320 e. The summed E-state index contributed by atoms with van der Waals surface area (Å²) < 4.78 is 1.29. The monoisotopic (exact) mass is 319 g/mol. The molecule has 10 heteroatoms. The molecular formula is C13H13N5O5. The molecule has 0 fully saturated rings. The molecule has 1 aromatic heterocycles. The lowest BCUT2D eigenvalue weighted by atomic mass is 10.1. The molecule has 0 spiro atoms. The number of hydrogen-bond donors (Lipinski definition) is 1. The van der Waals surface area contributed by atoms with Crippen LogP contribution in [-0.4, -0.2) is 25.5 Å². The average Bonchev–Trinajstić information content (AvgIpc) is 2.93. The van der Waals surface area contributed by atoms with Gasteiger partial charge in [-0.2, -0.15) is 5.10 Å². The summed E-state index contributed by atoms with van der Waals surface area (Å²) in [5.74, 6) is -0.749. The highest BCUT2D eigenvalue weighted by Crippen LogP contribution is 2.23. The molecule has 0 atom stereocenters. The van der Waals surface area contributed by atoms with Crippen LogP contribution >= 0.6 is 0 Å². The van der Waals surface area contributed by atoms with Gasteiger partial charge in [0.25, 0.3) is 11.6 Å². The Bertz CT molecular complexity index is 798. The molecule has 0 aliphatic rings. The summed E-state index contributed by atoms with van der Waals surface area (Å²) in [4.78, 5) is 32.7. The van der Waals surface area contributed by atoms with E-state index in [1.54, 1.807) is 13.8 Å². The number of nitrogens with zero attached hydrogens (tertiary/aromatic N) is 4. The largest absolute Gasteiger partial charge is 0.320 e. The minimum absolute atomic E-state index is 0.109. The highest BCUT2D eigenvalue weighted by Gasteiger charge is 2.25. The summed E-state index contributed by atoms with van der Waals surface area (Å²) in [6.45, 7) is 3.70. The maximum Gasteiger partial charge on any atom is 0.320 e. The van der Waals surface area contributed by atoms with Crippen molar-refractivity contribution in [2.75, 3.05) is 5.32 Å². The molecule has 2 rings (SSSR count). The molecule has 120 valence electrons. The van der Waals surface area contributed by atoms with E-state index in [0.29, 0.717) is 17.8 Å². The molecule has 0 aliphatic heterocycles. The topological polar surface area (TPSA) is 133 Å². The fourth-order valence-electron chi connectivity index (χ4n) is 1.95. The number of anilines is 1. The first-order valence-corrected chi connectivity index (χ1v) is 6.61. The van der Waals surface area contributed by atoms with E-state index in [1.807, 2.05) is 0 Å². The lowest BCUT2D eigenvalue weighted by Gasteiger charge is -2.06. The van der Waals surface area contributed by atoms with Crippen molar-refractivity contribution in [1.29, 1.82) is 0 Å². The van der Waals surface area contributed by atoms with Crippen molar-refractivity contribution in [3.63, 3.8) is 0 Å². The van der Waals surface area contributed by atoms with Gasteiger partial charge in [-0.05, 0) is 25.5 Å². The number of carbonyl (C=O) groups excluding carboxylic acids is 1. The van der Waals surface area contributed by atoms with Crippen LogP contribution in [0, 0.1) is 27.2 Å². The molecule has 10 nitrogen and oxygen atoms in total. The molecule has 0 radical (unpaired) electrons. The number of nitro benzene ring substituents is 1. The van der Waals surface area contributed by atoms with Gasteiger partial charge in [-0.1, -0.05) is 0 Å². The summed E-state index contributed by atoms with van der Waals surface area (Å²) in [6, 6.07) is 3.91. The highest BCUT2D eigenvalue weighted by molar-refractivity contribution is 6.05. The van der Waals surface area contributed by atoms with Crippen LogP contribution in [0.2, 0.25) is 0 Å². The Morgan fingerprint density at radius 1 is 1.30 bits per heavy atom. The van der Waals surface area contributed by atoms with Crippen LogP contribution in [0.1, 0.15) is 23.0 Å². The fourth-order valence-corrected chi connectivity index (χ4v) is 1.95. The third-order valence-corrected chi connectivity index (χ3v) is 3.15. The number of aryl methyl sites for hydroxylation is 2. The van der Waals surface area contributed by atoms with E-state index in [0.717, 1.165) is 0 Å². The predicted molar refractivity (Wildman–Crippen MR) is 80.3 cm³/mol. The first-order chi connectivity index (χ1) is 10.8. The summed E-state index contributed by atoms with van der Waals surface area (Å²) >= 11 is 0. The highest BCUT2D eigenvalue weighted by atomic mass is 16.6. The molecule has 1 amide bonds. The fraction of sp³-hybridized carbons (Fsp3) is 0.231. The number of carbonyl (C=O) groups is 1. The van der Waals surface area contributed by atoms with Gasteiger partial charge in [-0.3, -0.25) is 29.7 Å². The summed E-state index contributed by atoms with van der Waals surface area (Å²) in [6.07, 6.45) is 1.18. The average molecular weight is 319 g/mol. The van der Waals surface area contributed by atoms with Gasteiger partial charge in [-0.15, -0.1) is 0 Å². The Morgan fingerprint density at radius 2 is 2.00 bits per heavy atom. The van der Waals surface area contributed by atoms with E-state index in [-0.39, 0.29) is 11.4 Å². The van der Waals surface area contributed by atoms with Crippen LogP contribution in [0.4, 0.5) is 17.1 Å². The molecule has 0 saturated carbocycles. The molecule has 0 unspecified atom stereocenters. The number of non-ortho nitro benzene ring substituents is 1. The Hall–Kier alpha value is -3.30. The quantitative estimate of drug-likeness (QED) is 0.663. The van der Waals surface area contributed by atoms with Gasteiger partial charge >= 0.3 is 5.69 Å². The molecule has 0 aliphatic carbocycles. The maximum atomic E-state index is 12.2. The molecular weight excluding hydrogens is 306 g/mol. The third-order valence-electron chi connectivity index (χ3n) is 3.15. The maximum absolute atomic E-state index is 12.2. The van der Waals surface area contributed by atoms with Gasteiger partial charge in [0, 0.05) is 24.4 Å². The first kappa shape index (κ1) is 16.1. The van der Waals surface area contributed by atoms with E-state index in [1.165, 1.54) is 29.1 Å². The van der Waals surface area contributed by atoms with E-state index in [9.17, 15) is 25.0 Å². The van der Waals surface area contributed by atoms with E-state index in [2.05, 4.69) is 10.4 Å².